The Balaban J connectivity index is 1.72. The Kier molecular flexibility index (Phi) is 7.49. The third kappa shape index (κ3) is 6.47. The van der Waals surface area contributed by atoms with Crippen LogP contribution in [0.3, 0.4) is 0 Å². The number of hydrogen-bond acceptors (Lipinski definition) is 9. The Morgan fingerprint density at radius 3 is 2.72 bits per heavy atom. The average Bonchev–Trinajstić information content (AvgIpc) is 2.96. The fourth-order valence-corrected chi connectivity index (χ4v) is 4.47. The van der Waals surface area contributed by atoms with Crippen LogP contribution in [0.1, 0.15) is 40.0 Å². The van der Waals surface area contributed by atoms with Crippen LogP contribution in [0.2, 0.25) is 0 Å². The van der Waals surface area contributed by atoms with Crippen LogP contribution < -0.4 is 5.73 Å². The van der Waals surface area contributed by atoms with Gasteiger partial charge in [0, 0.05) is 0 Å². The van der Waals surface area contributed by atoms with Crippen molar-refractivity contribution in [2.45, 2.75) is 50.5 Å². The second kappa shape index (κ2) is 9.38. The van der Waals surface area contributed by atoms with Crippen LogP contribution >= 0.6 is 23.1 Å². The van der Waals surface area contributed by atoms with E-state index in [1.165, 1.54) is 29.5 Å². The van der Waals surface area contributed by atoms with Gasteiger partial charge in [-0.2, -0.15) is 0 Å². The molecule has 2 N–H and O–H groups in total. The number of ether oxygens (including phenoxy) is 2. The van der Waals surface area contributed by atoms with Gasteiger partial charge in [-0.3, -0.25) is 4.79 Å². The summed E-state index contributed by atoms with van der Waals surface area (Å²) in [5, 5.41) is 7.81. The number of carbonyl (C=O) groups excluding carboxylic acids is 2. The number of thioether (sulfide) groups is 1. The zero-order chi connectivity index (χ0) is 18.4. The van der Waals surface area contributed by atoms with E-state index in [4.69, 9.17) is 15.2 Å². The molecular formula is C16H25N3O4S2. The highest BCUT2D eigenvalue weighted by molar-refractivity contribution is 8.01. The van der Waals surface area contributed by atoms with Crippen LogP contribution in [-0.2, 0) is 19.1 Å². The smallest absolute Gasteiger partial charge is 0.344 e. The van der Waals surface area contributed by atoms with E-state index < -0.39 is 11.9 Å². The van der Waals surface area contributed by atoms with Gasteiger partial charge in [0.2, 0.25) is 5.13 Å². The van der Waals surface area contributed by atoms with Crippen LogP contribution in [0.15, 0.2) is 4.34 Å². The van der Waals surface area contributed by atoms with Crippen molar-refractivity contribution < 1.29 is 19.1 Å². The van der Waals surface area contributed by atoms with Crippen LogP contribution in [0.25, 0.3) is 0 Å². The lowest BCUT2D eigenvalue weighted by molar-refractivity contribution is -0.166. The van der Waals surface area contributed by atoms with E-state index in [2.05, 4.69) is 31.0 Å². The molecule has 2 rings (SSSR count). The third-order valence-corrected chi connectivity index (χ3v) is 6.19. The summed E-state index contributed by atoms with van der Waals surface area (Å²) in [5.41, 5.74) is 5.47. The molecule has 1 aromatic rings. The number of nitrogens with two attached hydrogens (primary N) is 1. The van der Waals surface area contributed by atoms with E-state index in [-0.39, 0.29) is 18.5 Å². The SMILES string of the molecule is CC1CCC(C(C)C)C(OC(=O)COC(=O)CSc2nnc(N)s2)C1. The van der Waals surface area contributed by atoms with Gasteiger partial charge in [0.15, 0.2) is 10.9 Å². The Bertz CT molecular complexity index is 594. The normalized spacial score (nSPS) is 23.4. The molecule has 1 saturated carbocycles. The highest BCUT2D eigenvalue weighted by atomic mass is 32.2. The van der Waals surface area contributed by atoms with Crippen LogP contribution in [0.5, 0.6) is 0 Å². The van der Waals surface area contributed by atoms with Gasteiger partial charge in [-0.1, -0.05) is 50.3 Å². The number of esters is 2. The van der Waals surface area contributed by atoms with Crippen molar-refractivity contribution >= 4 is 40.2 Å². The molecule has 0 aromatic carbocycles. The molecule has 3 atom stereocenters. The zero-order valence-corrected chi connectivity index (χ0v) is 16.4. The predicted octanol–water partition coefficient (Wildman–Crippen LogP) is 2.76. The number of carbonyl (C=O) groups is 2. The molecule has 1 aromatic heterocycles. The van der Waals surface area contributed by atoms with Crippen molar-refractivity contribution in [3.05, 3.63) is 0 Å². The Morgan fingerprint density at radius 1 is 1.32 bits per heavy atom. The predicted molar refractivity (Wildman–Crippen MR) is 97.2 cm³/mol. The van der Waals surface area contributed by atoms with Crippen LogP contribution in [0, 0.1) is 17.8 Å². The lowest BCUT2D eigenvalue weighted by Gasteiger charge is -2.36. The van der Waals surface area contributed by atoms with E-state index in [1.54, 1.807) is 0 Å². The fourth-order valence-electron chi connectivity index (χ4n) is 3.03. The minimum absolute atomic E-state index is 0.0526. The van der Waals surface area contributed by atoms with Gasteiger partial charge >= 0.3 is 11.9 Å². The molecule has 1 fully saturated rings. The van der Waals surface area contributed by atoms with Crippen molar-refractivity contribution in [1.29, 1.82) is 0 Å². The lowest BCUT2D eigenvalue weighted by atomic mass is 9.75. The summed E-state index contributed by atoms with van der Waals surface area (Å²) in [7, 11) is 0. The first-order valence-electron chi connectivity index (χ1n) is 8.42. The van der Waals surface area contributed by atoms with Gasteiger partial charge < -0.3 is 15.2 Å². The minimum Gasteiger partial charge on any atom is -0.460 e. The topological polar surface area (TPSA) is 104 Å². The van der Waals surface area contributed by atoms with Crippen LogP contribution in [-0.4, -0.2) is 40.6 Å². The van der Waals surface area contributed by atoms with Gasteiger partial charge in [0.25, 0.3) is 0 Å². The Hall–Kier alpha value is -1.35. The third-order valence-electron chi connectivity index (χ3n) is 4.33. The van der Waals surface area contributed by atoms with E-state index in [1.807, 2.05) is 0 Å². The van der Waals surface area contributed by atoms with Crippen molar-refractivity contribution in [1.82, 2.24) is 10.2 Å². The molecule has 3 unspecified atom stereocenters. The zero-order valence-electron chi connectivity index (χ0n) is 14.8. The second-order valence-corrected chi connectivity index (χ2v) is 8.94. The van der Waals surface area contributed by atoms with E-state index >= 15 is 0 Å². The summed E-state index contributed by atoms with van der Waals surface area (Å²) in [6.07, 6.45) is 3.02. The number of hydrogen-bond donors (Lipinski definition) is 1. The Labute approximate surface area is 156 Å². The average molecular weight is 388 g/mol. The molecule has 25 heavy (non-hydrogen) atoms. The maximum Gasteiger partial charge on any atom is 0.344 e. The van der Waals surface area contributed by atoms with E-state index in [0.717, 1.165) is 12.8 Å². The van der Waals surface area contributed by atoms with Gasteiger partial charge in [0.05, 0.1) is 5.75 Å². The van der Waals surface area contributed by atoms with E-state index in [9.17, 15) is 9.59 Å². The van der Waals surface area contributed by atoms with E-state index in [0.29, 0.717) is 27.2 Å². The van der Waals surface area contributed by atoms with Crippen LogP contribution in [0.4, 0.5) is 5.13 Å². The number of anilines is 1. The molecule has 1 aliphatic rings. The first-order chi connectivity index (χ1) is 11.8. The molecule has 0 bridgehead atoms. The molecule has 0 amide bonds. The fraction of sp³-hybridized carbons (Fsp3) is 0.750. The molecule has 1 heterocycles. The van der Waals surface area contributed by atoms with Gasteiger partial charge in [-0.05, 0) is 30.6 Å². The molecule has 140 valence electrons. The molecule has 0 spiro atoms. The first-order valence-corrected chi connectivity index (χ1v) is 10.2. The lowest BCUT2D eigenvalue weighted by Crippen LogP contribution is -2.36. The maximum atomic E-state index is 12.0. The summed E-state index contributed by atoms with van der Waals surface area (Å²) < 4.78 is 11.2. The minimum atomic E-state index is -0.492. The maximum absolute atomic E-state index is 12.0. The molecule has 0 aliphatic heterocycles. The van der Waals surface area contributed by atoms with Gasteiger partial charge in [-0.15, -0.1) is 10.2 Å². The summed E-state index contributed by atoms with van der Waals surface area (Å²) in [6, 6.07) is 0. The molecular weight excluding hydrogens is 362 g/mol. The molecule has 0 radical (unpaired) electrons. The number of rotatable bonds is 7. The van der Waals surface area contributed by atoms with Gasteiger partial charge in [-0.25, -0.2) is 4.79 Å². The second-order valence-electron chi connectivity index (χ2n) is 6.71. The highest BCUT2D eigenvalue weighted by Gasteiger charge is 2.33. The monoisotopic (exact) mass is 387 g/mol. The highest BCUT2D eigenvalue weighted by Crippen LogP contribution is 2.35. The molecule has 1 aliphatic carbocycles. The van der Waals surface area contributed by atoms with Gasteiger partial charge in [0.1, 0.15) is 6.10 Å². The summed E-state index contributed by atoms with van der Waals surface area (Å²) in [4.78, 5) is 23.7. The number of nitrogen functional groups attached to an aromatic ring is 1. The largest absolute Gasteiger partial charge is 0.460 e. The van der Waals surface area contributed by atoms with Crippen molar-refractivity contribution in [3.8, 4) is 0 Å². The molecule has 0 saturated heterocycles. The first kappa shape index (κ1) is 20.0. The Morgan fingerprint density at radius 2 is 2.08 bits per heavy atom. The van der Waals surface area contributed by atoms with Crippen molar-refractivity contribution in [2.75, 3.05) is 18.1 Å². The number of nitrogens with zero attached hydrogens (tertiary/aromatic N) is 2. The quantitative estimate of drug-likeness (QED) is 0.562. The summed E-state index contributed by atoms with van der Waals surface area (Å²) >= 11 is 2.38. The standard InChI is InChI=1S/C16H25N3O4S2/c1-9(2)11-5-4-10(3)6-12(11)23-13(20)7-22-14(21)8-24-16-19-18-15(17)25-16/h9-12H,4-8H2,1-3H3,(H2,17,18). The number of aromatic nitrogens is 2. The summed E-state index contributed by atoms with van der Waals surface area (Å²) in [5.74, 6) is 0.456. The summed E-state index contributed by atoms with van der Waals surface area (Å²) in [6.45, 7) is 6.13. The molecule has 7 nitrogen and oxygen atoms in total. The van der Waals surface area contributed by atoms with Crippen molar-refractivity contribution in [3.63, 3.8) is 0 Å². The van der Waals surface area contributed by atoms with Crippen molar-refractivity contribution in [2.24, 2.45) is 17.8 Å². The molecule has 9 heteroatoms.